The van der Waals surface area contributed by atoms with Gasteiger partial charge in [0.2, 0.25) is 0 Å². The maximum Gasteiger partial charge on any atom is 0.260 e. The number of rotatable bonds is 4. The summed E-state index contributed by atoms with van der Waals surface area (Å²) in [7, 11) is 0. The zero-order chi connectivity index (χ0) is 17.4. The molecule has 6 nitrogen and oxygen atoms in total. The Labute approximate surface area is 147 Å². The number of benzene rings is 1. The van der Waals surface area contributed by atoms with Crippen LogP contribution in [0.1, 0.15) is 49.0 Å². The highest BCUT2D eigenvalue weighted by Gasteiger charge is 2.25. The van der Waals surface area contributed by atoms with Crippen LogP contribution >= 0.6 is 0 Å². The smallest absolute Gasteiger partial charge is 0.260 e. The van der Waals surface area contributed by atoms with E-state index in [0.29, 0.717) is 19.0 Å². The van der Waals surface area contributed by atoms with Crippen molar-refractivity contribution < 1.29 is 9.53 Å². The number of carbonyl (C=O) groups is 1. The lowest BCUT2D eigenvalue weighted by Gasteiger charge is -2.28. The molecule has 25 heavy (non-hydrogen) atoms. The third kappa shape index (κ3) is 3.13. The molecular weight excluding hydrogens is 316 g/mol. The van der Waals surface area contributed by atoms with E-state index in [2.05, 4.69) is 40.7 Å². The van der Waals surface area contributed by atoms with Crippen molar-refractivity contribution in [1.29, 1.82) is 0 Å². The van der Waals surface area contributed by atoms with Crippen LogP contribution in [-0.2, 0) is 30.7 Å². The first-order chi connectivity index (χ1) is 12.1. The van der Waals surface area contributed by atoms with Crippen LogP contribution in [0.5, 0.6) is 5.75 Å². The van der Waals surface area contributed by atoms with Gasteiger partial charge in [-0.2, -0.15) is 0 Å². The van der Waals surface area contributed by atoms with Gasteiger partial charge in [0.1, 0.15) is 11.6 Å². The maximum atomic E-state index is 12.5. The van der Waals surface area contributed by atoms with E-state index >= 15 is 0 Å². The lowest BCUT2D eigenvalue weighted by molar-refractivity contribution is -0.134. The number of hydrogen-bond acceptors (Lipinski definition) is 4. The summed E-state index contributed by atoms with van der Waals surface area (Å²) in [6, 6.07) is 6.18. The lowest BCUT2D eigenvalue weighted by Crippen LogP contribution is -2.41. The van der Waals surface area contributed by atoms with Gasteiger partial charge in [-0.25, -0.2) is 0 Å². The summed E-state index contributed by atoms with van der Waals surface area (Å²) in [4.78, 5) is 14.3. The Balaban J connectivity index is 1.37. The Hall–Kier alpha value is -2.37. The molecule has 132 valence electrons. The Bertz CT molecular complexity index is 797. The fourth-order valence-corrected chi connectivity index (χ4v) is 3.69. The second-order valence-electron chi connectivity index (χ2n) is 7.17. The SMILES string of the molecule is CC(C)c1nnc2n1CCN(C(=O)COc1ccc3c(c1)CCC3)C2. The number of hydrogen-bond donors (Lipinski definition) is 0. The molecule has 2 aromatic rings. The molecule has 0 bridgehead atoms. The van der Waals surface area contributed by atoms with Crippen molar-refractivity contribution in [3.63, 3.8) is 0 Å². The second kappa shape index (κ2) is 6.50. The Morgan fingerprint density at radius 3 is 2.88 bits per heavy atom. The number of aryl methyl sites for hydroxylation is 2. The average molecular weight is 340 g/mol. The molecule has 0 spiro atoms. The van der Waals surface area contributed by atoms with Gasteiger partial charge in [0, 0.05) is 19.0 Å². The van der Waals surface area contributed by atoms with Gasteiger partial charge in [-0.1, -0.05) is 19.9 Å². The van der Waals surface area contributed by atoms with Crippen LogP contribution in [0, 0.1) is 0 Å². The molecule has 0 unspecified atom stereocenters. The van der Waals surface area contributed by atoms with E-state index in [4.69, 9.17) is 4.74 Å². The number of fused-ring (bicyclic) bond motifs is 2. The van der Waals surface area contributed by atoms with Gasteiger partial charge in [0.05, 0.1) is 6.54 Å². The van der Waals surface area contributed by atoms with Gasteiger partial charge in [0.25, 0.3) is 5.91 Å². The number of ether oxygens (including phenoxy) is 1. The Morgan fingerprint density at radius 1 is 1.20 bits per heavy atom. The fraction of sp³-hybridized carbons (Fsp3) is 0.526. The summed E-state index contributed by atoms with van der Waals surface area (Å²) in [5.41, 5.74) is 2.77. The summed E-state index contributed by atoms with van der Waals surface area (Å²) in [5, 5.41) is 8.51. The van der Waals surface area contributed by atoms with Gasteiger partial charge < -0.3 is 14.2 Å². The minimum Gasteiger partial charge on any atom is -0.484 e. The molecule has 1 aromatic heterocycles. The van der Waals surface area contributed by atoms with Crippen LogP contribution in [0.25, 0.3) is 0 Å². The molecule has 1 aromatic carbocycles. The summed E-state index contributed by atoms with van der Waals surface area (Å²) < 4.78 is 7.88. The summed E-state index contributed by atoms with van der Waals surface area (Å²) >= 11 is 0. The van der Waals surface area contributed by atoms with E-state index in [1.807, 2.05) is 11.0 Å². The number of carbonyl (C=O) groups excluding carboxylic acids is 1. The first-order valence-electron chi connectivity index (χ1n) is 9.06. The molecule has 0 saturated carbocycles. The van der Waals surface area contributed by atoms with Crippen LogP contribution in [0.3, 0.4) is 0 Å². The minimum absolute atomic E-state index is 0.000783. The zero-order valence-electron chi connectivity index (χ0n) is 14.9. The quantitative estimate of drug-likeness (QED) is 0.857. The van der Waals surface area contributed by atoms with Crippen molar-refractivity contribution >= 4 is 5.91 Å². The van der Waals surface area contributed by atoms with Crippen molar-refractivity contribution in [2.75, 3.05) is 13.2 Å². The van der Waals surface area contributed by atoms with Gasteiger partial charge in [-0.15, -0.1) is 10.2 Å². The lowest BCUT2D eigenvalue weighted by atomic mass is 10.1. The number of amides is 1. The summed E-state index contributed by atoms with van der Waals surface area (Å²) in [5.74, 6) is 2.99. The van der Waals surface area contributed by atoms with Crippen molar-refractivity contribution in [3.8, 4) is 5.75 Å². The number of nitrogens with zero attached hydrogens (tertiary/aromatic N) is 4. The largest absolute Gasteiger partial charge is 0.484 e. The van der Waals surface area contributed by atoms with Crippen molar-refractivity contribution in [3.05, 3.63) is 41.0 Å². The predicted molar refractivity (Wildman–Crippen MR) is 93.5 cm³/mol. The highest BCUT2D eigenvalue weighted by atomic mass is 16.5. The standard InChI is InChI=1S/C19H24N4O2/c1-13(2)19-21-20-17-11-22(8-9-23(17)19)18(24)12-25-16-7-6-14-4-3-5-15(14)10-16/h6-7,10,13H,3-5,8-9,11-12H2,1-2H3. The van der Waals surface area contributed by atoms with Crippen molar-refractivity contribution in [1.82, 2.24) is 19.7 Å². The van der Waals surface area contributed by atoms with Crippen LogP contribution in [0.15, 0.2) is 18.2 Å². The third-order valence-corrected chi connectivity index (χ3v) is 5.08. The molecule has 4 rings (SSSR count). The van der Waals surface area contributed by atoms with Gasteiger partial charge in [-0.05, 0) is 42.5 Å². The van der Waals surface area contributed by atoms with Crippen LogP contribution < -0.4 is 4.74 Å². The van der Waals surface area contributed by atoms with E-state index < -0.39 is 0 Å². The van der Waals surface area contributed by atoms with E-state index in [0.717, 1.165) is 36.8 Å². The molecule has 6 heteroatoms. The highest BCUT2D eigenvalue weighted by Crippen LogP contribution is 2.26. The second-order valence-corrected chi connectivity index (χ2v) is 7.17. The summed E-state index contributed by atoms with van der Waals surface area (Å²) in [6.07, 6.45) is 3.48. The zero-order valence-corrected chi connectivity index (χ0v) is 14.9. The molecule has 0 N–H and O–H groups in total. The van der Waals surface area contributed by atoms with E-state index in [-0.39, 0.29) is 12.5 Å². The highest BCUT2D eigenvalue weighted by molar-refractivity contribution is 5.77. The molecule has 1 amide bonds. The first kappa shape index (κ1) is 16.1. The topological polar surface area (TPSA) is 60.2 Å². The van der Waals surface area contributed by atoms with Crippen molar-refractivity contribution in [2.45, 2.75) is 52.1 Å². The Kier molecular flexibility index (Phi) is 4.19. The fourth-order valence-electron chi connectivity index (χ4n) is 3.69. The molecule has 0 saturated heterocycles. The minimum atomic E-state index is 0.000783. The summed E-state index contributed by atoms with van der Waals surface area (Å²) in [6.45, 7) is 6.23. The molecule has 0 fully saturated rings. The van der Waals surface area contributed by atoms with Gasteiger partial charge in [0.15, 0.2) is 12.4 Å². The number of aromatic nitrogens is 3. The third-order valence-electron chi connectivity index (χ3n) is 5.08. The van der Waals surface area contributed by atoms with Gasteiger partial charge >= 0.3 is 0 Å². The predicted octanol–water partition coefficient (Wildman–Crippen LogP) is 2.31. The maximum absolute atomic E-state index is 12.5. The van der Waals surface area contributed by atoms with Gasteiger partial charge in [-0.3, -0.25) is 4.79 Å². The van der Waals surface area contributed by atoms with Crippen LogP contribution in [0.2, 0.25) is 0 Å². The van der Waals surface area contributed by atoms with Crippen LogP contribution in [-0.4, -0.2) is 38.7 Å². The van der Waals surface area contributed by atoms with E-state index in [1.165, 1.54) is 17.5 Å². The molecule has 2 aliphatic rings. The van der Waals surface area contributed by atoms with E-state index in [1.54, 1.807) is 0 Å². The first-order valence-corrected chi connectivity index (χ1v) is 9.06. The Morgan fingerprint density at radius 2 is 2.04 bits per heavy atom. The van der Waals surface area contributed by atoms with Crippen LogP contribution in [0.4, 0.5) is 0 Å². The molecule has 0 radical (unpaired) electrons. The van der Waals surface area contributed by atoms with E-state index in [9.17, 15) is 4.79 Å². The normalized spacial score (nSPS) is 16.0. The monoisotopic (exact) mass is 340 g/mol. The van der Waals surface area contributed by atoms with Crippen molar-refractivity contribution in [2.24, 2.45) is 0 Å². The average Bonchev–Trinajstić information content (AvgIpc) is 3.24. The molecule has 1 aliphatic heterocycles. The molecular formula is C19H24N4O2. The molecule has 2 heterocycles. The molecule has 0 atom stereocenters. The molecule has 1 aliphatic carbocycles.